The fraction of sp³-hybridized carbons (Fsp3) is 0.391. The predicted octanol–water partition coefficient (Wildman–Crippen LogP) is 3.08. The molecule has 0 saturated carbocycles. The summed E-state index contributed by atoms with van der Waals surface area (Å²) in [6.45, 7) is 4.84. The molecule has 1 amide bonds. The predicted molar refractivity (Wildman–Crippen MR) is 126 cm³/mol. The third kappa shape index (κ3) is 5.29. The molecule has 0 unspecified atom stereocenters. The summed E-state index contributed by atoms with van der Waals surface area (Å²) in [6.07, 6.45) is 0. The van der Waals surface area contributed by atoms with E-state index in [0.29, 0.717) is 23.2 Å². The van der Waals surface area contributed by atoms with Crippen LogP contribution in [0.15, 0.2) is 36.4 Å². The lowest BCUT2D eigenvalue weighted by atomic mass is 10.2. The normalized spacial score (nSPS) is 15.0. The maximum Gasteiger partial charge on any atom is 0.240 e. The standard InChI is InChI=1S/C23H28N4O4S/c1-29-17-6-4-16(5-7-17)14-26-8-10-27(11-9-26)15-22(28)25-23-24-18-12-19(30-2)20(31-3)13-21(18)32-23/h4-7,12-13H,8-11,14-15H2,1-3H3,(H,24,25,28). The van der Waals surface area contributed by atoms with E-state index in [-0.39, 0.29) is 5.91 Å². The summed E-state index contributed by atoms with van der Waals surface area (Å²) in [5.41, 5.74) is 2.04. The number of carbonyl (C=O) groups is 1. The van der Waals surface area contributed by atoms with E-state index in [9.17, 15) is 4.79 Å². The fourth-order valence-corrected chi connectivity index (χ4v) is 4.66. The molecule has 0 bridgehead atoms. The molecule has 8 nitrogen and oxygen atoms in total. The van der Waals surface area contributed by atoms with Crippen molar-refractivity contribution >= 4 is 32.6 Å². The lowest BCUT2D eigenvalue weighted by Crippen LogP contribution is -2.48. The van der Waals surface area contributed by atoms with Crippen molar-refractivity contribution in [3.8, 4) is 17.2 Å². The quantitative estimate of drug-likeness (QED) is 0.558. The minimum Gasteiger partial charge on any atom is -0.497 e. The lowest BCUT2D eigenvalue weighted by Gasteiger charge is -2.34. The van der Waals surface area contributed by atoms with Crippen LogP contribution < -0.4 is 19.5 Å². The van der Waals surface area contributed by atoms with Gasteiger partial charge in [-0.15, -0.1) is 0 Å². The Bertz CT molecular complexity index is 1020. The Morgan fingerprint density at radius 3 is 2.28 bits per heavy atom. The van der Waals surface area contributed by atoms with Crippen LogP contribution in [-0.4, -0.2) is 74.7 Å². The highest BCUT2D eigenvalue weighted by Gasteiger charge is 2.20. The van der Waals surface area contributed by atoms with Crippen molar-refractivity contribution in [2.45, 2.75) is 6.54 Å². The second-order valence-corrected chi connectivity index (χ2v) is 8.67. The summed E-state index contributed by atoms with van der Waals surface area (Å²) in [4.78, 5) is 21.7. The Hall–Kier alpha value is -2.88. The van der Waals surface area contributed by atoms with Gasteiger partial charge >= 0.3 is 0 Å². The van der Waals surface area contributed by atoms with Gasteiger partial charge in [-0.25, -0.2) is 4.98 Å². The molecule has 4 rings (SSSR count). The highest BCUT2D eigenvalue weighted by molar-refractivity contribution is 7.22. The van der Waals surface area contributed by atoms with Crippen LogP contribution in [0.1, 0.15) is 5.56 Å². The van der Waals surface area contributed by atoms with Crippen LogP contribution in [0.2, 0.25) is 0 Å². The molecule has 2 heterocycles. The van der Waals surface area contributed by atoms with Crippen LogP contribution in [0, 0.1) is 0 Å². The first kappa shape index (κ1) is 22.3. The summed E-state index contributed by atoms with van der Waals surface area (Å²) in [6, 6.07) is 11.9. The number of methoxy groups -OCH3 is 3. The van der Waals surface area contributed by atoms with Crippen LogP contribution >= 0.6 is 11.3 Å². The number of benzene rings is 2. The number of rotatable bonds is 8. The number of fused-ring (bicyclic) bond motifs is 1. The summed E-state index contributed by atoms with van der Waals surface area (Å²) < 4.78 is 16.8. The molecule has 2 aromatic carbocycles. The second kappa shape index (κ2) is 10.2. The molecule has 9 heteroatoms. The van der Waals surface area contributed by atoms with Gasteiger partial charge in [-0.05, 0) is 17.7 Å². The molecular weight excluding hydrogens is 428 g/mol. The number of anilines is 1. The van der Waals surface area contributed by atoms with E-state index in [1.54, 1.807) is 21.3 Å². The van der Waals surface area contributed by atoms with Gasteiger partial charge < -0.3 is 19.5 Å². The monoisotopic (exact) mass is 456 g/mol. The number of amides is 1. The molecule has 1 N–H and O–H groups in total. The molecule has 1 aliphatic rings. The summed E-state index contributed by atoms with van der Waals surface area (Å²) >= 11 is 1.43. The number of thiazole rings is 1. The van der Waals surface area contributed by atoms with E-state index in [1.165, 1.54) is 16.9 Å². The smallest absolute Gasteiger partial charge is 0.240 e. The highest BCUT2D eigenvalue weighted by atomic mass is 32.1. The first-order valence-electron chi connectivity index (χ1n) is 10.5. The van der Waals surface area contributed by atoms with E-state index >= 15 is 0 Å². The van der Waals surface area contributed by atoms with Gasteiger partial charge in [0.25, 0.3) is 0 Å². The second-order valence-electron chi connectivity index (χ2n) is 7.64. The molecule has 1 fully saturated rings. The maximum atomic E-state index is 12.6. The van der Waals surface area contributed by atoms with E-state index in [0.717, 1.165) is 48.7 Å². The molecule has 0 atom stereocenters. The Morgan fingerprint density at radius 1 is 0.969 bits per heavy atom. The van der Waals surface area contributed by atoms with Crippen molar-refractivity contribution in [3.63, 3.8) is 0 Å². The Balaban J connectivity index is 1.27. The van der Waals surface area contributed by atoms with Crippen LogP contribution in [0.5, 0.6) is 17.2 Å². The third-order valence-electron chi connectivity index (χ3n) is 5.54. The minimum atomic E-state index is -0.0495. The number of piperazine rings is 1. The number of ether oxygens (including phenoxy) is 3. The topological polar surface area (TPSA) is 76.2 Å². The number of carbonyl (C=O) groups excluding carboxylic acids is 1. The van der Waals surface area contributed by atoms with E-state index in [2.05, 4.69) is 32.2 Å². The molecule has 32 heavy (non-hydrogen) atoms. The first-order chi connectivity index (χ1) is 15.6. The molecule has 0 aliphatic carbocycles. The van der Waals surface area contributed by atoms with Crippen molar-refractivity contribution in [1.29, 1.82) is 0 Å². The van der Waals surface area contributed by atoms with Crippen molar-refractivity contribution in [2.24, 2.45) is 0 Å². The van der Waals surface area contributed by atoms with Gasteiger partial charge in [-0.3, -0.25) is 14.6 Å². The van der Waals surface area contributed by atoms with E-state index in [1.807, 2.05) is 24.3 Å². The zero-order chi connectivity index (χ0) is 22.5. The summed E-state index contributed by atoms with van der Waals surface area (Å²) in [5, 5.41) is 3.52. The number of hydrogen-bond donors (Lipinski definition) is 1. The largest absolute Gasteiger partial charge is 0.497 e. The van der Waals surface area contributed by atoms with Crippen molar-refractivity contribution in [2.75, 3.05) is 59.4 Å². The van der Waals surface area contributed by atoms with E-state index < -0.39 is 0 Å². The van der Waals surface area contributed by atoms with E-state index in [4.69, 9.17) is 14.2 Å². The zero-order valence-corrected chi connectivity index (χ0v) is 19.4. The van der Waals surface area contributed by atoms with Crippen molar-refractivity contribution in [1.82, 2.24) is 14.8 Å². The molecule has 1 saturated heterocycles. The van der Waals surface area contributed by atoms with Crippen LogP contribution in [0.4, 0.5) is 5.13 Å². The average molecular weight is 457 g/mol. The highest BCUT2D eigenvalue weighted by Crippen LogP contribution is 2.36. The number of nitrogens with zero attached hydrogens (tertiary/aromatic N) is 3. The number of aromatic nitrogens is 1. The van der Waals surface area contributed by atoms with Gasteiger partial charge in [0.05, 0.1) is 38.1 Å². The van der Waals surface area contributed by atoms with Gasteiger partial charge in [0, 0.05) is 44.9 Å². The Kier molecular flexibility index (Phi) is 7.09. The molecular formula is C23H28N4O4S. The van der Waals surface area contributed by atoms with Gasteiger partial charge in [0.2, 0.25) is 5.91 Å². The first-order valence-corrected chi connectivity index (χ1v) is 11.3. The summed E-state index contributed by atoms with van der Waals surface area (Å²) in [5.74, 6) is 2.09. The Morgan fingerprint density at radius 2 is 1.62 bits per heavy atom. The maximum absolute atomic E-state index is 12.6. The van der Waals surface area contributed by atoms with Crippen molar-refractivity contribution < 1.29 is 19.0 Å². The fourth-order valence-electron chi connectivity index (χ4n) is 3.77. The third-order valence-corrected chi connectivity index (χ3v) is 6.47. The molecule has 3 aromatic rings. The molecule has 0 spiro atoms. The van der Waals surface area contributed by atoms with Crippen LogP contribution in [-0.2, 0) is 11.3 Å². The molecule has 1 aliphatic heterocycles. The van der Waals surface area contributed by atoms with Crippen molar-refractivity contribution in [3.05, 3.63) is 42.0 Å². The van der Waals surface area contributed by atoms with Gasteiger partial charge in [-0.2, -0.15) is 0 Å². The molecule has 1 aromatic heterocycles. The van der Waals surface area contributed by atoms with Gasteiger partial charge in [0.1, 0.15) is 5.75 Å². The van der Waals surface area contributed by atoms with Gasteiger partial charge in [-0.1, -0.05) is 23.5 Å². The van der Waals surface area contributed by atoms with Crippen LogP contribution in [0.25, 0.3) is 10.2 Å². The summed E-state index contributed by atoms with van der Waals surface area (Å²) in [7, 11) is 4.87. The zero-order valence-electron chi connectivity index (χ0n) is 18.6. The average Bonchev–Trinajstić information content (AvgIpc) is 3.20. The number of hydrogen-bond acceptors (Lipinski definition) is 8. The SMILES string of the molecule is COc1ccc(CN2CCN(CC(=O)Nc3nc4cc(OC)c(OC)cc4s3)CC2)cc1. The Labute approximate surface area is 191 Å². The molecule has 170 valence electrons. The minimum absolute atomic E-state index is 0.0495. The molecule has 0 radical (unpaired) electrons. The lowest BCUT2D eigenvalue weighted by molar-refractivity contribution is -0.117. The van der Waals surface area contributed by atoms with Crippen LogP contribution in [0.3, 0.4) is 0 Å². The number of nitrogens with one attached hydrogen (secondary N) is 1. The van der Waals surface area contributed by atoms with Gasteiger partial charge in [0.15, 0.2) is 16.6 Å².